The van der Waals surface area contributed by atoms with Gasteiger partial charge in [0.25, 0.3) is 0 Å². The van der Waals surface area contributed by atoms with E-state index in [-0.39, 0.29) is 4.83 Å². The molecule has 4 aromatic rings. The van der Waals surface area contributed by atoms with Crippen LogP contribution in [0.5, 0.6) is 0 Å². The van der Waals surface area contributed by atoms with Crippen molar-refractivity contribution in [3.05, 3.63) is 144 Å². The highest BCUT2D eigenvalue weighted by atomic mass is 79.9. The lowest BCUT2D eigenvalue weighted by Gasteiger charge is -2.41. The van der Waals surface area contributed by atoms with E-state index < -0.39 is 5.54 Å². The molecule has 0 aliphatic heterocycles. The van der Waals surface area contributed by atoms with Gasteiger partial charge in [-0.15, -0.1) is 5.10 Å². The van der Waals surface area contributed by atoms with E-state index in [0.29, 0.717) is 5.84 Å². The van der Waals surface area contributed by atoms with Gasteiger partial charge in [0.1, 0.15) is 11.4 Å². The Morgan fingerprint density at radius 2 is 1.09 bits per heavy atom. The first-order valence-corrected chi connectivity index (χ1v) is 11.8. The van der Waals surface area contributed by atoms with Crippen molar-refractivity contribution in [1.29, 1.82) is 0 Å². The molecule has 5 heteroatoms. The molecule has 1 atom stereocenters. The minimum Gasteiger partial charge on any atom is -0.374 e. The maximum atomic E-state index is 6.93. The zero-order chi connectivity index (χ0) is 23.1. The van der Waals surface area contributed by atoms with Crippen LogP contribution in [0.2, 0.25) is 0 Å². The summed E-state index contributed by atoms with van der Waals surface area (Å²) < 4.78 is 0. The highest BCUT2D eigenvalue weighted by Crippen LogP contribution is 2.41. The van der Waals surface area contributed by atoms with Crippen LogP contribution in [0.4, 0.5) is 0 Å². The van der Waals surface area contributed by atoms with E-state index in [1.54, 1.807) is 5.12 Å². The van der Waals surface area contributed by atoms with Crippen LogP contribution in [0, 0.1) is 0 Å². The van der Waals surface area contributed by atoms with Gasteiger partial charge < -0.3 is 5.32 Å². The molecule has 0 saturated heterocycles. The van der Waals surface area contributed by atoms with Gasteiger partial charge in [-0.1, -0.05) is 137 Å². The van der Waals surface area contributed by atoms with Crippen molar-refractivity contribution >= 4 is 21.8 Å². The van der Waals surface area contributed by atoms with E-state index in [1.165, 1.54) is 0 Å². The van der Waals surface area contributed by atoms with Crippen LogP contribution < -0.4 is 11.2 Å². The molecule has 0 aliphatic carbocycles. The van der Waals surface area contributed by atoms with Crippen LogP contribution in [0.25, 0.3) is 0 Å². The van der Waals surface area contributed by atoms with Crippen molar-refractivity contribution in [1.82, 2.24) is 10.4 Å². The number of hydrogen-bond acceptors (Lipinski definition) is 3. The summed E-state index contributed by atoms with van der Waals surface area (Å²) in [6.07, 6.45) is 0. The number of alkyl halides is 1. The lowest BCUT2D eigenvalue weighted by atomic mass is 9.77. The summed E-state index contributed by atoms with van der Waals surface area (Å²) in [6, 6.07) is 40.9. The number of rotatable bonds is 7. The number of benzene rings is 4. The number of nitrogens with two attached hydrogens (primary N) is 1. The van der Waals surface area contributed by atoms with Crippen molar-refractivity contribution in [3.8, 4) is 0 Å². The van der Waals surface area contributed by atoms with Crippen LogP contribution in [0.3, 0.4) is 0 Å². The average molecular weight is 499 g/mol. The van der Waals surface area contributed by atoms with E-state index in [0.717, 1.165) is 22.3 Å². The number of hydrazone groups is 1. The number of likely N-dealkylation sites (N-methyl/N-ethyl adjacent to an activating group) is 1. The molecular formula is C28H27BrN4. The molecule has 0 aromatic heterocycles. The molecular weight excluding hydrogens is 472 g/mol. The molecule has 0 amide bonds. The van der Waals surface area contributed by atoms with E-state index in [9.17, 15) is 0 Å². The number of amidine groups is 1. The fourth-order valence-electron chi connectivity index (χ4n) is 4.13. The van der Waals surface area contributed by atoms with E-state index in [4.69, 9.17) is 10.9 Å². The van der Waals surface area contributed by atoms with Gasteiger partial charge in [-0.3, -0.25) is 0 Å². The molecule has 4 nitrogen and oxygen atoms in total. The Bertz CT molecular complexity index is 1070. The lowest BCUT2D eigenvalue weighted by molar-refractivity contribution is 0.166. The predicted molar refractivity (Wildman–Crippen MR) is 140 cm³/mol. The summed E-state index contributed by atoms with van der Waals surface area (Å²) in [5, 5.41) is 9.76. The molecule has 0 fully saturated rings. The second-order valence-electron chi connectivity index (χ2n) is 7.66. The first kappa shape index (κ1) is 22.8. The molecule has 0 heterocycles. The van der Waals surface area contributed by atoms with E-state index >= 15 is 0 Å². The second-order valence-corrected chi connectivity index (χ2v) is 8.58. The third kappa shape index (κ3) is 4.56. The number of nitrogens with one attached hydrogen (secondary N) is 1. The van der Waals surface area contributed by atoms with Crippen LogP contribution >= 0.6 is 15.9 Å². The highest BCUT2D eigenvalue weighted by molar-refractivity contribution is 9.09. The largest absolute Gasteiger partial charge is 0.374 e. The van der Waals surface area contributed by atoms with Gasteiger partial charge in [0.15, 0.2) is 0 Å². The zero-order valence-electron chi connectivity index (χ0n) is 18.5. The van der Waals surface area contributed by atoms with Crippen molar-refractivity contribution in [2.24, 2.45) is 10.9 Å². The number of hydrogen-bond donors (Lipinski definition) is 2. The Hall–Kier alpha value is -3.41. The molecule has 166 valence electrons. The van der Waals surface area contributed by atoms with Crippen molar-refractivity contribution in [3.63, 3.8) is 0 Å². The maximum absolute atomic E-state index is 6.93. The number of nitrogens with zero attached hydrogens (tertiary/aromatic N) is 2. The second kappa shape index (κ2) is 10.5. The molecule has 4 rings (SSSR count). The predicted octanol–water partition coefficient (Wildman–Crippen LogP) is 5.82. The summed E-state index contributed by atoms with van der Waals surface area (Å²) in [5.41, 5.74) is 3.32. The Morgan fingerprint density at radius 3 is 1.45 bits per heavy atom. The first-order chi connectivity index (χ1) is 16.2. The Labute approximate surface area is 203 Å². The molecule has 0 radical (unpaired) electrons. The average Bonchev–Trinajstić information content (AvgIpc) is 2.90. The summed E-state index contributed by atoms with van der Waals surface area (Å²) >= 11 is 3.80. The fraction of sp³-hybridized carbons (Fsp3) is 0.107. The van der Waals surface area contributed by atoms with Crippen LogP contribution in [0.1, 0.15) is 27.1 Å². The van der Waals surface area contributed by atoms with Crippen LogP contribution in [-0.2, 0) is 5.54 Å². The van der Waals surface area contributed by atoms with Gasteiger partial charge >= 0.3 is 0 Å². The number of hydrazine groups is 1. The van der Waals surface area contributed by atoms with Crippen molar-refractivity contribution in [2.75, 3.05) is 7.05 Å². The van der Waals surface area contributed by atoms with E-state index in [1.807, 2.05) is 79.8 Å². The van der Waals surface area contributed by atoms with Crippen LogP contribution in [-0.4, -0.2) is 18.0 Å². The topological polar surface area (TPSA) is 53.7 Å². The summed E-state index contributed by atoms with van der Waals surface area (Å²) in [5.74, 6) is 7.63. The molecule has 3 N–H and O–H groups in total. The summed E-state index contributed by atoms with van der Waals surface area (Å²) in [6.45, 7) is 0. The molecule has 33 heavy (non-hydrogen) atoms. The monoisotopic (exact) mass is 498 g/mol. The standard InChI is InChI=1S/C28H27BrN4/c1-31-27(26(29)22-14-6-2-7-15-22)32-33(30)28(23-16-8-3-9-17-23,24-18-10-4-11-19-24)25-20-12-5-13-21-25/h2-21,26H,30H2,1H3,(H,31,32). The Morgan fingerprint density at radius 1 is 0.727 bits per heavy atom. The number of halogens is 1. The molecule has 1 unspecified atom stereocenters. The zero-order valence-corrected chi connectivity index (χ0v) is 20.1. The third-order valence-electron chi connectivity index (χ3n) is 5.72. The van der Waals surface area contributed by atoms with Gasteiger partial charge in [0.05, 0.1) is 4.83 Å². The third-order valence-corrected chi connectivity index (χ3v) is 6.68. The molecule has 0 aliphatic rings. The molecule has 0 spiro atoms. The summed E-state index contributed by atoms with van der Waals surface area (Å²) in [7, 11) is 1.86. The molecule has 0 bridgehead atoms. The highest BCUT2D eigenvalue weighted by Gasteiger charge is 2.41. The quantitative estimate of drug-likeness (QED) is 0.0841. The van der Waals surface area contributed by atoms with Crippen LogP contribution in [0.15, 0.2) is 126 Å². The van der Waals surface area contributed by atoms with Gasteiger partial charge in [-0.05, 0) is 22.3 Å². The minimum atomic E-state index is -0.838. The van der Waals surface area contributed by atoms with Gasteiger partial charge in [0, 0.05) is 7.05 Å². The molecule has 4 aromatic carbocycles. The minimum absolute atomic E-state index is 0.144. The summed E-state index contributed by atoms with van der Waals surface area (Å²) in [4.78, 5) is -0.144. The Kier molecular flexibility index (Phi) is 7.23. The Balaban J connectivity index is 1.93. The van der Waals surface area contributed by atoms with Gasteiger partial charge in [-0.25, -0.2) is 11.0 Å². The van der Waals surface area contributed by atoms with E-state index in [2.05, 4.69) is 69.8 Å². The normalized spacial score (nSPS) is 12.8. The van der Waals surface area contributed by atoms with Gasteiger partial charge in [0.2, 0.25) is 0 Å². The molecule has 0 saturated carbocycles. The van der Waals surface area contributed by atoms with Gasteiger partial charge in [-0.2, -0.15) is 0 Å². The fourth-order valence-corrected chi connectivity index (χ4v) is 4.76. The SMILES string of the molecule is CN/C(=N\N(N)C(c1ccccc1)(c1ccccc1)c1ccccc1)C(Br)c1ccccc1. The lowest BCUT2D eigenvalue weighted by Crippen LogP contribution is -2.50. The smallest absolute Gasteiger partial charge is 0.150 e. The van der Waals surface area contributed by atoms with Crippen molar-refractivity contribution in [2.45, 2.75) is 10.4 Å². The van der Waals surface area contributed by atoms with Crippen molar-refractivity contribution < 1.29 is 0 Å². The maximum Gasteiger partial charge on any atom is 0.150 e. The first-order valence-electron chi connectivity index (χ1n) is 10.8.